The van der Waals surface area contributed by atoms with Crippen molar-refractivity contribution in [3.63, 3.8) is 0 Å². The van der Waals surface area contributed by atoms with Gasteiger partial charge in [0.25, 0.3) is 0 Å². The molecule has 1 aromatic carbocycles. The van der Waals surface area contributed by atoms with E-state index in [1.165, 1.54) is 16.7 Å². The molecule has 0 spiro atoms. The maximum atomic E-state index is 12.6. The number of nitrogens with zero attached hydrogens (tertiary/aromatic N) is 2. The first-order chi connectivity index (χ1) is 10.6. The van der Waals surface area contributed by atoms with Crippen LogP contribution in [0.1, 0.15) is 49.1 Å². The van der Waals surface area contributed by atoms with Crippen molar-refractivity contribution in [2.45, 2.75) is 51.8 Å². The number of aryl methyl sites for hydroxylation is 3. The second-order valence-electron chi connectivity index (χ2n) is 7.20. The molecule has 1 heterocycles. The fourth-order valence-corrected chi connectivity index (χ4v) is 3.41. The molecule has 4 nitrogen and oxygen atoms in total. The van der Waals surface area contributed by atoms with Crippen LogP contribution in [-0.2, 0) is 24.5 Å². The Morgan fingerprint density at radius 1 is 1.22 bits per heavy atom. The third kappa shape index (κ3) is 5.01. The van der Waals surface area contributed by atoms with Gasteiger partial charge in [0, 0.05) is 18.8 Å². The van der Waals surface area contributed by atoms with Gasteiger partial charge in [0.05, 0.1) is 28.0 Å². The van der Waals surface area contributed by atoms with Gasteiger partial charge in [0.1, 0.15) is 0 Å². The monoisotopic (exact) mass is 333 g/mol. The number of benzene rings is 1. The predicted molar refractivity (Wildman–Crippen MR) is 96.6 cm³/mol. The summed E-state index contributed by atoms with van der Waals surface area (Å²) in [6.07, 6.45) is 4.62. The smallest absolute Gasteiger partial charge is 0.0976 e. The number of aromatic nitrogens is 2. The highest BCUT2D eigenvalue weighted by atomic mass is 32.2. The third-order valence-electron chi connectivity index (χ3n) is 3.65. The highest BCUT2D eigenvalue weighted by molar-refractivity contribution is 7.84. The fourth-order valence-electron chi connectivity index (χ4n) is 2.58. The molecular weight excluding hydrogens is 306 g/mol. The molecule has 23 heavy (non-hydrogen) atoms. The lowest BCUT2D eigenvalue weighted by Gasteiger charge is -2.24. The molecule has 0 fully saturated rings. The molecule has 0 saturated carbocycles. The Hall–Kier alpha value is -1.46. The number of rotatable bonds is 5. The summed E-state index contributed by atoms with van der Waals surface area (Å²) in [5.74, 6) is 0. The molecule has 0 aliphatic carbocycles. The minimum atomic E-state index is -1.13. The van der Waals surface area contributed by atoms with Gasteiger partial charge < -0.3 is 0 Å². The standard InChI is InChI=1S/C18H27N3OS/c1-13-7-14(2)9-15(8-13)10-17(16-11-19-21(6)12-16)20-23(22)18(3,4)5/h7-9,11-12,17,20H,10H2,1-6H3. The van der Waals surface area contributed by atoms with Crippen molar-refractivity contribution in [1.82, 2.24) is 14.5 Å². The van der Waals surface area contributed by atoms with Gasteiger partial charge in [-0.2, -0.15) is 5.10 Å². The minimum Gasteiger partial charge on any atom is -0.275 e. The van der Waals surface area contributed by atoms with Crippen LogP contribution >= 0.6 is 0 Å². The summed E-state index contributed by atoms with van der Waals surface area (Å²) in [5, 5.41) is 4.26. The first kappa shape index (κ1) is 17.9. The highest BCUT2D eigenvalue weighted by Crippen LogP contribution is 2.22. The predicted octanol–water partition coefficient (Wildman–Crippen LogP) is 3.37. The van der Waals surface area contributed by atoms with Crippen molar-refractivity contribution in [2.24, 2.45) is 7.05 Å². The van der Waals surface area contributed by atoms with Gasteiger partial charge in [-0.3, -0.25) is 4.68 Å². The molecule has 0 aliphatic rings. The van der Waals surface area contributed by atoms with Crippen LogP contribution in [-0.4, -0.2) is 18.7 Å². The first-order valence-electron chi connectivity index (χ1n) is 7.89. The highest BCUT2D eigenvalue weighted by Gasteiger charge is 2.24. The Morgan fingerprint density at radius 2 is 1.83 bits per heavy atom. The van der Waals surface area contributed by atoms with Crippen LogP contribution in [0.5, 0.6) is 0 Å². The van der Waals surface area contributed by atoms with Crippen molar-refractivity contribution < 1.29 is 4.21 Å². The molecule has 1 aromatic heterocycles. The number of nitrogens with one attached hydrogen (secondary N) is 1. The van der Waals surface area contributed by atoms with E-state index in [4.69, 9.17) is 0 Å². The largest absolute Gasteiger partial charge is 0.275 e. The summed E-state index contributed by atoms with van der Waals surface area (Å²) in [5.41, 5.74) is 4.81. The van der Waals surface area contributed by atoms with Gasteiger partial charge in [-0.05, 0) is 46.6 Å². The van der Waals surface area contributed by atoms with E-state index in [2.05, 4.69) is 41.9 Å². The van der Waals surface area contributed by atoms with Crippen LogP contribution in [0.4, 0.5) is 0 Å². The van der Waals surface area contributed by atoms with Crippen LogP contribution in [0.25, 0.3) is 0 Å². The number of hydrogen-bond donors (Lipinski definition) is 1. The lowest BCUT2D eigenvalue weighted by Crippen LogP contribution is -2.36. The van der Waals surface area contributed by atoms with Crippen molar-refractivity contribution in [3.05, 3.63) is 52.8 Å². The summed E-state index contributed by atoms with van der Waals surface area (Å²) in [6, 6.07) is 6.53. The van der Waals surface area contributed by atoms with E-state index in [1.807, 2.05) is 40.2 Å². The van der Waals surface area contributed by atoms with Crippen LogP contribution in [0, 0.1) is 13.8 Å². The zero-order chi connectivity index (χ0) is 17.2. The van der Waals surface area contributed by atoms with Crippen molar-refractivity contribution in [3.8, 4) is 0 Å². The molecule has 126 valence electrons. The van der Waals surface area contributed by atoms with Crippen LogP contribution < -0.4 is 4.72 Å². The molecule has 0 aliphatic heterocycles. The summed E-state index contributed by atoms with van der Waals surface area (Å²) in [4.78, 5) is 0. The third-order valence-corrected chi connectivity index (χ3v) is 5.26. The lowest BCUT2D eigenvalue weighted by atomic mass is 9.99. The first-order valence-corrected chi connectivity index (χ1v) is 9.04. The van der Waals surface area contributed by atoms with E-state index < -0.39 is 11.0 Å². The summed E-state index contributed by atoms with van der Waals surface area (Å²) < 4.78 is 17.3. The molecule has 2 aromatic rings. The van der Waals surface area contributed by atoms with Crippen LogP contribution in [0.2, 0.25) is 0 Å². The van der Waals surface area contributed by atoms with Gasteiger partial charge in [0.15, 0.2) is 0 Å². The quantitative estimate of drug-likeness (QED) is 0.912. The van der Waals surface area contributed by atoms with Gasteiger partial charge in [-0.1, -0.05) is 29.3 Å². The molecule has 2 rings (SSSR count). The maximum Gasteiger partial charge on any atom is 0.0976 e. The average molecular weight is 334 g/mol. The Balaban J connectivity index is 2.28. The second kappa shape index (κ2) is 6.97. The molecule has 2 atom stereocenters. The normalized spacial score (nSPS) is 14.7. The fraction of sp³-hybridized carbons (Fsp3) is 0.500. The van der Waals surface area contributed by atoms with Crippen LogP contribution in [0.3, 0.4) is 0 Å². The van der Waals surface area contributed by atoms with Gasteiger partial charge in [-0.25, -0.2) is 8.93 Å². The van der Waals surface area contributed by atoms with E-state index >= 15 is 0 Å². The van der Waals surface area contributed by atoms with Crippen molar-refractivity contribution >= 4 is 11.0 Å². The maximum absolute atomic E-state index is 12.6. The number of hydrogen-bond acceptors (Lipinski definition) is 2. The Labute approximate surface area is 141 Å². The topological polar surface area (TPSA) is 46.9 Å². The molecule has 0 amide bonds. The SMILES string of the molecule is Cc1cc(C)cc(CC(NS(=O)C(C)(C)C)c2cnn(C)c2)c1. The molecule has 2 unspecified atom stereocenters. The lowest BCUT2D eigenvalue weighted by molar-refractivity contribution is 0.596. The Bertz CT molecular complexity index is 680. The van der Waals surface area contributed by atoms with E-state index in [-0.39, 0.29) is 10.8 Å². The van der Waals surface area contributed by atoms with Gasteiger partial charge in [-0.15, -0.1) is 0 Å². The van der Waals surface area contributed by atoms with Gasteiger partial charge in [0.2, 0.25) is 0 Å². The van der Waals surface area contributed by atoms with Crippen LogP contribution in [0.15, 0.2) is 30.6 Å². The van der Waals surface area contributed by atoms with E-state index in [9.17, 15) is 4.21 Å². The Kier molecular flexibility index (Phi) is 5.42. The van der Waals surface area contributed by atoms with Crippen molar-refractivity contribution in [1.29, 1.82) is 0 Å². The zero-order valence-electron chi connectivity index (χ0n) is 14.9. The minimum absolute atomic E-state index is 0.0232. The summed E-state index contributed by atoms with van der Waals surface area (Å²) in [7, 11) is 0.771. The van der Waals surface area contributed by atoms with E-state index in [0.29, 0.717) is 0 Å². The molecule has 5 heteroatoms. The summed E-state index contributed by atoms with van der Waals surface area (Å²) in [6.45, 7) is 10.2. The van der Waals surface area contributed by atoms with E-state index in [1.54, 1.807) is 4.68 Å². The second-order valence-corrected chi connectivity index (χ2v) is 9.20. The molecule has 0 bridgehead atoms. The zero-order valence-corrected chi connectivity index (χ0v) is 15.7. The van der Waals surface area contributed by atoms with Gasteiger partial charge >= 0.3 is 0 Å². The van der Waals surface area contributed by atoms with E-state index in [0.717, 1.165) is 12.0 Å². The Morgan fingerprint density at radius 3 is 2.30 bits per heavy atom. The molecular formula is C18H27N3OS. The molecule has 0 radical (unpaired) electrons. The average Bonchev–Trinajstić information content (AvgIpc) is 2.82. The molecule has 1 N–H and O–H groups in total. The molecule has 0 saturated heterocycles. The van der Waals surface area contributed by atoms with Crippen molar-refractivity contribution in [2.75, 3.05) is 0 Å². The summed E-state index contributed by atoms with van der Waals surface area (Å²) >= 11 is 0.